The Labute approximate surface area is 50.4 Å². The molecule has 0 aromatic heterocycles. The van der Waals surface area contributed by atoms with Crippen LogP contribution >= 0.6 is 8.65 Å². The Bertz CT molecular complexity index is 38.9. The maximum absolute atomic E-state index is 8.40. The van der Waals surface area contributed by atoms with Crippen molar-refractivity contribution in [3.63, 3.8) is 0 Å². The first-order valence-electron chi connectivity index (χ1n) is 0.612. The van der Waals surface area contributed by atoms with E-state index in [9.17, 15) is 0 Å². The Morgan fingerprint density at radius 3 is 1.40 bits per heavy atom. The normalized spacial score (nSPS) is 2.40. The molecule has 26 valence electrons. The third kappa shape index (κ3) is 47.2. The van der Waals surface area contributed by atoms with Gasteiger partial charge in [-0.2, -0.15) is 0 Å². The van der Waals surface area contributed by atoms with Gasteiger partial charge in [0.2, 0.25) is 0 Å². The molecule has 0 rings (SSSR count). The fraction of sp³-hybridized carbons (Fsp3) is 0. The molecule has 2 radical (unpaired) electrons. The number of rotatable bonds is 0. The standard InChI is InChI=1S/O2Si.Pb.S/c1-3-2;;. The molecule has 0 aliphatic heterocycles. The molecule has 5 heteroatoms. The summed E-state index contributed by atoms with van der Waals surface area (Å²) in [5, 5.41) is 0. The van der Waals surface area contributed by atoms with Gasteiger partial charge in [-0.3, -0.25) is 8.92 Å². The zero-order valence-electron chi connectivity index (χ0n) is 2.22. The van der Waals surface area contributed by atoms with E-state index in [1.165, 1.54) is 0 Å². The van der Waals surface area contributed by atoms with Crippen LogP contribution in [-0.4, -0.2) is 33.0 Å². The molecule has 0 spiro atoms. The topological polar surface area (TPSA) is 34.1 Å². The zero-order chi connectivity index (χ0) is 4.71. The van der Waals surface area contributed by atoms with Crippen molar-refractivity contribution >= 4 is 41.6 Å². The summed E-state index contributed by atoms with van der Waals surface area (Å²) >= 11 is 0.889. The van der Waals surface area contributed by atoms with Gasteiger partial charge in [0.25, 0.3) is 0 Å². The molecule has 0 heterocycles. The van der Waals surface area contributed by atoms with Crippen LogP contribution in [0.4, 0.5) is 0 Å². The minimum absolute atomic E-state index is 0.889. The molecular weight excluding hydrogens is 299 g/mol. The van der Waals surface area contributed by atoms with Gasteiger partial charge in [-0.25, -0.2) is 0 Å². The van der Waals surface area contributed by atoms with Crippen LogP contribution in [0.1, 0.15) is 0 Å². The fourth-order valence-corrected chi connectivity index (χ4v) is 0. The van der Waals surface area contributed by atoms with E-state index in [-0.39, 0.29) is 0 Å². The summed E-state index contributed by atoms with van der Waals surface area (Å²) in [6.45, 7) is 0. The summed E-state index contributed by atoms with van der Waals surface area (Å²) in [6, 6.07) is 0. The molecule has 0 atom stereocenters. The molecule has 0 bridgehead atoms. The van der Waals surface area contributed by atoms with Crippen molar-refractivity contribution in [3.05, 3.63) is 0 Å². The second kappa shape index (κ2) is 20.3. The van der Waals surface area contributed by atoms with E-state index in [1.807, 2.05) is 0 Å². The van der Waals surface area contributed by atoms with Crippen molar-refractivity contribution < 1.29 is 8.92 Å². The monoisotopic (exact) mass is 300 g/mol. The van der Waals surface area contributed by atoms with Crippen LogP contribution in [0, 0.1) is 0 Å². The van der Waals surface area contributed by atoms with Crippen LogP contribution in [0.5, 0.6) is 0 Å². The quantitative estimate of drug-likeness (QED) is 0.573. The predicted octanol–water partition coefficient (Wildman–Crippen LogP) is -0.351. The van der Waals surface area contributed by atoms with E-state index in [0.29, 0.717) is 0 Å². The maximum atomic E-state index is 8.40. The van der Waals surface area contributed by atoms with Gasteiger partial charge in [0, 0.05) is 0 Å². The van der Waals surface area contributed by atoms with Crippen molar-refractivity contribution in [2.45, 2.75) is 0 Å². The van der Waals surface area contributed by atoms with Crippen LogP contribution in [0.2, 0.25) is 0 Å². The van der Waals surface area contributed by atoms with Crippen LogP contribution in [-0.2, 0) is 8.92 Å². The molecule has 0 aliphatic rings. The van der Waals surface area contributed by atoms with E-state index < -0.39 is 9.29 Å². The van der Waals surface area contributed by atoms with Gasteiger partial charge in [-0.05, 0) is 0 Å². The van der Waals surface area contributed by atoms with E-state index in [4.69, 9.17) is 8.92 Å². The molecule has 0 saturated carbocycles. The van der Waals surface area contributed by atoms with Crippen LogP contribution in [0.15, 0.2) is 0 Å². The SMILES string of the molecule is O=[Si]=O.[S]=[Pb]. The van der Waals surface area contributed by atoms with E-state index >= 15 is 0 Å². The second-order valence-electron chi connectivity index (χ2n) is 0.0833. The summed E-state index contributed by atoms with van der Waals surface area (Å²) < 4.78 is 16.8. The third-order valence-electron chi connectivity index (χ3n) is 0. The molecule has 2 nitrogen and oxygen atoms in total. The Morgan fingerprint density at radius 2 is 1.40 bits per heavy atom. The van der Waals surface area contributed by atoms with E-state index in [1.54, 1.807) is 0 Å². The van der Waals surface area contributed by atoms with Gasteiger partial charge in [0.05, 0.1) is 0 Å². The summed E-state index contributed by atoms with van der Waals surface area (Å²) in [4.78, 5) is 0. The van der Waals surface area contributed by atoms with Gasteiger partial charge in [0.1, 0.15) is 0 Å². The molecule has 5 heavy (non-hydrogen) atoms. The van der Waals surface area contributed by atoms with Gasteiger partial charge >= 0.3 is 41.6 Å². The summed E-state index contributed by atoms with van der Waals surface area (Å²) in [7, 11) is 2.81. The molecule has 0 aliphatic carbocycles. The van der Waals surface area contributed by atoms with Crippen LogP contribution < -0.4 is 0 Å². The van der Waals surface area contributed by atoms with Gasteiger partial charge < -0.3 is 0 Å². The third-order valence-corrected chi connectivity index (χ3v) is 0. The average molecular weight is 299 g/mol. The van der Waals surface area contributed by atoms with Crippen LogP contribution in [0.25, 0.3) is 0 Å². The van der Waals surface area contributed by atoms with Crippen molar-refractivity contribution in [1.82, 2.24) is 0 Å². The Morgan fingerprint density at radius 1 is 1.40 bits per heavy atom. The fourth-order valence-electron chi connectivity index (χ4n) is 0. The second-order valence-corrected chi connectivity index (χ2v) is 0.250. The first-order valence-corrected chi connectivity index (χ1v) is 6.60. The summed E-state index contributed by atoms with van der Waals surface area (Å²) in [5.41, 5.74) is 0. The van der Waals surface area contributed by atoms with Gasteiger partial charge in [-0.1, -0.05) is 0 Å². The minimum atomic E-state index is -1.42. The summed E-state index contributed by atoms with van der Waals surface area (Å²) in [6.07, 6.45) is 0. The predicted molar refractivity (Wildman–Crippen MR) is 20.5 cm³/mol. The molecule has 0 N–H and O–H groups in total. The van der Waals surface area contributed by atoms with E-state index in [0.717, 1.165) is 23.7 Å². The van der Waals surface area contributed by atoms with E-state index in [2.05, 4.69) is 8.65 Å². The van der Waals surface area contributed by atoms with Crippen molar-refractivity contribution in [2.75, 3.05) is 0 Å². The molecule has 0 saturated heterocycles. The number of hydrogen-bond acceptors (Lipinski definition) is 3. The Hall–Kier alpha value is 0.959. The molecule has 0 unspecified atom stereocenters. The first-order chi connectivity index (χ1) is 2.41. The van der Waals surface area contributed by atoms with Crippen molar-refractivity contribution in [3.8, 4) is 0 Å². The number of hydrogen-bond donors (Lipinski definition) is 0. The average Bonchev–Trinajstić information content (AvgIpc) is 1.46. The Balaban J connectivity index is 0. The van der Waals surface area contributed by atoms with Gasteiger partial charge in [-0.15, -0.1) is 0 Å². The summed E-state index contributed by atoms with van der Waals surface area (Å²) in [5.74, 6) is 0. The zero-order valence-corrected chi connectivity index (χ0v) is 7.93. The first kappa shape index (κ1) is 9.35. The molecule has 0 fully saturated rings. The molecule has 0 aromatic carbocycles. The Kier molecular flexibility index (Phi) is 37.9. The van der Waals surface area contributed by atoms with Gasteiger partial charge in [0.15, 0.2) is 0 Å². The molecule has 0 amide bonds. The van der Waals surface area contributed by atoms with Crippen molar-refractivity contribution in [2.24, 2.45) is 0 Å². The molecular formula is O2PbSSi. The van der Waals surface area contributed by atoms with Crippen LogP contribution in [0.3, 0.4) is 0 Å². The molecule has 0 aromatic rings. The van der Waals surface area contributed by atoms with Crippen molar-refractivity contribution in [1.29, 1.82) is 0 Å².